The van der Waals surface area contributed by atoms with E-state index in [0.717, 1.165) is 17.7 Å². The van der Waals surface area contributed by atoms with Crippen LogP contribution in [-0.2, 0) is 19.6 Å². The van der Waals surface area contributed by atoms with Crippen molar-refractivity contribution in [2.75, 3.05) is 7.05 Å². The maximum Gasteiger partial charge on any atom is 0.123 e. The summed E-state index contributed by atoms with van der Waals surface area (Å²) in [5, 5.41) is 0. The van der Waals surface area contributed by atoms with E-state index in [1.807, 2.05) is 25.2 Å². The standard InChI is InChI=1S/C16H19FN2/c1-19(11-13-5-3-2-4-6-13)12-15-9-16(17)8-7-14(15)10-18/h2-9H,10-12,18H2,1H3. The van der Waals surface area contributed by atoms with Crippen molar-refractivity contribution in [2.24, 2.45) is 5.73 Å². The number of hydrogen-bond donors (Lipinski definition) is 1. The number of nitrogens with two attached hydrogens (primary N) is 1. The lowest BCUT2D eigenvalue weighted by Gasteiger charge is -2.18. The first kappa shape index (κ1) is 13.7. The molecular weight excluding hydrogens is 239 g/mol. The maximum absolute atomic E-state index is 13.3. The maximum atomic E-state index is 13.3. The normalized spacial score (nSPS) is 10.9. The summed E-state index contributed by atoms with van der Waals surface area (Å²) in [6, 6.07) is 15.0. The minimum absolute atomic E-state index is 0.208. The molecule has 2 aromatic rings. The third kappa shape index (κ3) is 3.88. The third-order valence-electron chi connectivity index (χ3n) is 3.12. The Bertz CT molecular complexity index is 526. The van der Waals surface area contributed by atoms with Gasteiger partial charge >= 0.3 is 0 Å². The highest BCUT2D eigenvalue weighted by Crippen LogP contribution is 2.14. The van der Waals surface area contributed by atoms with Crippen LogP contribution in [0.1, 0.15) is 16.7 Å². The van der Waals surface area contributed by atoms with E-state index >= 15 is 0 Å². The smallest absolute Gasteiger partial charge is 0.123 e. The van der Waals surface area contributed by atoms with Gasteiger partial charge in [0.05, 0.1) is 0 Å². The molecular formula is C16H19FN2. The lowest BCUT2D eigenvalue weighted by atomic mass is 10.1. The van der Waals surface area contributed by atoms with E-state index in [0.29, 0.717) is 13.1 Å². The summed E-state index contributed by atoms with van der Waals surface area (Å²) in [7, 11) is 2.03. The fourth-order valence-corrected chi connectivity index (χ4v) is 2.18. The van der Waals surface area contributed by atoms with E-state index < -0.39 is 0 Å². The second kappa shape index (κ2) is 6.45. The number of benzene rings is 2. The van der Waals surface area contributed by atoms with E-state index in [9.17, 15) is 4.39 Å². The molecule has 0 unspecified atom stereocenters. The monoisotopic (exact) mass is 258 g/mol. The van der Waals surface area contributed by atoms with Crippen molar-refractivity contribution in [3.8, 4) is 0 Å². The van der Waals surface area contributed by atoms with E-state index in [-0.39, 0.29) is 5.82 Å². The minimum atomic E-state index is -0.208. The molecule has 0 aliphatic rings. The van der Waals surface area contributed by atoms with Gasteiger partial charge in [-0.05, 0) is 35.9 Å². The van der Waals surface area contributed by atoms with Gasteiger partial charge in [0, 0.05) is 19.6 Å². The first-order valence-electron chi connectivity index (χ1n) is 6.39. The highest BCUT2D eigenvalue weighted by atomic mass is 19.1. The summed E-state index contributed by atoms with van der Waals surface area (Å²) in [4.78, 5) is 2.16. The molecule has 0 spiro atoms. The largest absolute Gasteiger partial charge is 0.326 e. The minimum Gasteiger partial charge on any atom is -0.326 e. The van der Waals surface area contributed by atoms with Crippen LogP contribution in [0.2, 0.25) is 0 Å². The molecule has 2 rings (SSSR count). The molecule has 0 radical (unpaired) electrons. The van der Waals surface area contributed by atoms with E-state index in [1.165, 1.54) is 11.6 Å². The zero-order chi connectivity index (χ0) is 13.7. The summed E-state index contributed by atoms with van der Waals surface area (Å²) >= 11 is 0. The van der Waals surface area contributed by atoms with E-state index in [2.05, 4.69) is 17.0 Å². The van der Waals surface area contributed by atoms with Crippen LogP contribution in [0.5, 0.6) is 0 Å². The second-order valence-electron chi connectivity index (χ2n) is 4.78. The van der Waals surface area contributed by atoms with Crippen molar-refractivity contribution >= 4 is 0 Å². The first-order chi connectivity index (χ1) is 9.19. The summed E-state index contributed by atoms with van der Waals surface area (Å²) < 4.78 is 13.3. The third-order valence-corrected chi connectivity index (χ3v) is 3.12. The van der Waals surface area contributed by atoms with Crippen molar-refractivity contribution < 1.29 is 4.39 Å². The van der Waals surface area contributed by atoms with Gasteiger partial charge in [-0.15, -0.1) is 0 Å². The Labute approximate surface area is 113 Å². The van der Waals surface area contributed by atoms with Crippen molar-refractivity contribution in [2.45, 2.75) is 19.6 Å². The molecule has 2 N–H and O–H groups in total. The van der Waals surface area contributed by atoms with Crippen LogP contribution in [0.4, 0.5) is 4.39 Å². The lowest BCUT2D eigenvalue weighted by molar-refractivity contribution is 0.317. The van der Waals surface area contributed by atoms with Gasteiger partial charge in [0.2, 0.25) is 0 Å². The first-order valence-corrected chi connectivity index (χ1v) is 6.39. The Balaban J connectivity index is 2.06. The zero-order valence-electron chi connectivity index (χ0n) is 11.1. The molecule has 0 bridgehead atoms. The van der Waals surface area contributed by atoms with Crippen molar-refractivity contribution in [1.29, 1.82) is 0 Å². The molecule has 0 aromatic heterocycles. The molecule has 2 aromatic carbocycles. The average molecular weight is 258 g/mol. The van der Waals surface area contributed by atoms with Crippen molar-refractivity contribution in [3.63, 3.8) is 0 Å². The molecule has 0 amide bonds. The van der Waals surface area contributed by atoms with Crippen LogP contribution in [0.15, 0.2) is 48.5 Å². The van der Waals surface area contributed by atoms with Gasteiger partial charge in [-0.3, -0.25) is 4.90 Å². The summed E-state index contributed by atoms with van der Waals surface area (Å²) in [5.41, 5.74) is 8.89. The summed E-state index contributed by atoms with van der Waals surface area (Å²) in [5.74, 6) is -0.208. The quantitative estimate of drug-likeness (QED) is 0.893. The number of nitrogens with zero attached hydrogens (tertiary/aromatic N) is 1. The molecule has 0 aliphatic carbocycles. The molecule has 0 saturated heterocycles. The van der Waals surface area contributed by atoms with Gasteiger partial charge in [0.15, 0.2) is 0 Å². The lowest BCUT2D eigenvalue weighted by Crippen LogP contribution is -2.19. The highest BCUT2D eigenvalue weighted by Gasteiger charge is 2.07. The average Bonchev–Trinajstić information content (AvgIpc) is 2.40. The molecule has 100 valence electrons. The van der Waals surface area contributed by atoms with Crippen LogP contribution in [-0.4, -0.2) is 11.9 Å². The molecule has 0 fully saturated rings. The summed E-state index contributed by atoms with van der Waals surface area (Å²) in [6.07, 6.45) is 0. The second-order valence-corrected chi connectivity index (χ2v) is 4.78. The fraction of sp³-hybridized carbons (Fsp3) is 0.250. The van der Waals surface area contributed by atoms with Crippen molar-refractivity contribution in [3.05, 3.63) is 71.0 Å². The zero-order valence-corrected chi connectivity index (χ0v) is 11.1. The Hall–Kier alpha value is -1.71. The van der Waals surface area contributed by atoms with Crippen LogP contribution >= 0.6 is 0 Å². The van der Waals surface area contributed by atoms with Gasteiger partial charge in [-0.2, -0.15) is 0 Å². The van der Waals surface area contributed by atoms with Crippen molar-refractivity contribution in [1.82, 2.24) is 4.90 Å². The Morgan fingerprint density at radius 1 is 1.00 bits per heavy atom. The number of hydrogen-bond acceptors (Lipinski definition) is 2. The Morgan fingerprint density at radius 2 is 1.74 bits per heavy atom. The number of halogens is 1. The van der Waals surface area contributed by atoms with E-state index in [1.54, 1.807) is 12.1 Å². The predicted octanol–water partition coefficient (Wildman–Crippen LogP) is 2.92. The SMILES string of the molecule is CN(Cc1ccccc1)Cc1cc(F)ccc1CN. The van der Waals surface area contributed by atoms with Gasteiger partial charge in [0.25, 0.3) is 0 Å². The van der Waals surface area contributed by atoms with Crippen LogP contribution < -0.4 is 5.73 Å². The molecule has 0 saturated carbocycles. The number of rotatable bonds is 5. The van der Waals surface area contributed by atoms with Gasteiger partial charge in [-0.1, -0.05) is 36.4 Å². The molecule has 0 atom stereocenters. The van der Waals surface area contributed by atoms with Gasteiger partial charge in [-0.25, -0.2) is 4.39 Å². The molecule has 3 heteroatoms. The van der Waals surface area contributed by atoms with Crippen LogP contribution in [0.3, 0.4) is 0 Å². The van der Waals surface area contributed by atoms with Crippen LogP contribution in [0.25, 0.3) is 0 Å². The molecule has 2 nitrogen and oxygen atoms in total. The molecule has 0 aliphatic heterocycles. The Morgan fingerprint density at radius 3 is 2.42 bits per heavy atom. The van der Waals surface area contributed by atoms with Gasteiger partial charge < -0.3 is 5.73 Å². The highest BCUT2D eigenvalue weighted by molar-refractivity contribution is 5.28. The topological polar surface area (TPSA) is 29.3 Å². The van der Waals surface area contributed by atoms with E-state index in [4.69, 9.17) is 5.73 Å². The fourth-order valence-electron chi connectivity index (χ4n) is 2.18. The summed E-state index contributed by atoms with van der Waals surface area (Å²) in [6.45, 7) is 1.97. The van der Waals surface area contributed by atoms with Gasteiger partial charge in [0.1, 0.15) is 5.82 Å². The van der Waals surface area contributed by atoms with Crippen LogP contribution in [0, 0.1) is 5.82 Å². The molecule has 19 heavy (non-hydrogen) atoms. The predicted molar refractivity (Wildman–Crippen MR) is 75.9 cm³/mol. The molecule has 0 heterocycles. The Kier molecular flexibility index (Phi) is 4.66.